The fraction of sp³-hybridized carbons (Fsp3) is 0.481. The van der Waals surface area contributed by atoms with E-state index in [4.69, 9.17) is 0 Å². The highest BCUT2D eigenvalue weighted by Gasteiger charge is 2.30. The Kier molecular flexibility index (Phi) is 9.22. The molecule has 0 radical (unpaired) electrons. The van der Waals surface area contributed by atoms with E-state index >= 15 is 0 Å². The lowest BCUT2D eigenvalue weighted by Crippen LogP contribution is -2.51. The summed E-state index contributed by atoms with van der Waals surface area (Å²) < 4.78 is 0. The van der Waals surface area contributed by atoms with Gasteiger partial charge in [-0.25, -0.2) is 0 Å². The van der Waals surface area contributed by atoms with E-state index in [2.05, 4.69) is 55.6 Å². The van der Waals surface area contributed by atoms with Crippen molar-refractivity contribution in [1.82, 2.24) is 10.2 Å². The SMILES string of the molecule is CC[C@H](C(=O)NC1CCCC1)N(Cc1ccccc1C)C(=O)CCSc1ccc(C)cc1. The molecule has 1 fully saturated rings. The van der Waals surface area contributed by atoms with Gasteiger partial charge in [-0.1, -0.05) is 61.7 Å². The molecule has 3 rings (SSSR count). The van der Waals surface area contributed by atoms with Gasteiger partial charge in [-0.2, -0.15) is 0 Å². The quantitative estimate of drug-likeness (QED) is 0.474. The Hall–Kier alpha value is -2.27. The molecule has 2 amide bonds. The first-order valence-corrected chi connectivity index (χ1v) is 12.8. The van der Waals surface area contributed by atoms with E-state index in [9.17, 15) is 9.59 Å². The lowest BCUT2D eigenvalue weighted by atomic mass is 10.1. The number of hydrogen-bond acceptors (Lipinski definition) is 3. The number of aryl methyl sites for hydroxylation is 2. The summed E-state index contributed by atoms with van der Waals surface area (Å²) in [5.41, 5.74) is 3.47. The summed E-state index contributed by atoms with van der Waals surface area (Å²) in [5.74, 6) is 0.737. The fourth-order valence-corrected chi connectivity index (χ4v) is 5.13. The molecule has 172 valence electrons. The number of amides is 2. The minimum Gasteiger partial charge on any atom is -0.352 e. The molecule has 5 heteroatoms. The zero-order chi connectivity index (χ0) is 22.9. The second-order valence-corrected chi connectivity index (χ2v) is 9.94. The van der Waals surface area contributed by atoms with Crippen molar-refractivity contribution in [2.24, 2.45) is 0 Å². The van der Waals surface area contributed by atoms with Gasteiger partial charge >= 0.3 is 0 Å². The summed E-state index contributed by atoms with van der Waals surface area (Å²) in [4.78, 5) is 29.5. The van der Waals surface area contributed by atoms with Gasteiger partial charge in [0.2, 0.25) is 11.8 Å². The zero-order valence-electron chi connectivity index (χ0n) is 19.6. The predicted octanol–water partition coefficient (Wildman–Crippen LogP) is 5.65. The monoisotopic (exact) mass is 452 g/mol. The molecule has 2 aromatic carbocycles. The Labute approximate surface area is 197 Å². The molecule has 32 heavy (non-hydrogen) atoms. The maximum absolute atomic E-state index is 13.4. The molecular formula is C27H36N2O2S. The van der Waals surface area contributed by atoms with E-state index in [-0.39, 0.29) is 17.9 Å². The Bertz CT molecular complexity index is 891. The third-order valence-electron chi connectivity index (χ3n) is 6.30. The van der Waals surface area contributed by atoms with Crippen LogP contribution in [0.15, 0.2) is 53.4 Å². The van der Waals surface area contributed by atoms with Crippen molar-refractivity contribution >= 4 is 23.6 Å². The Morgan fingerprint density at radius 2 is 1.75 bits per heavy atom. The summed E-state index contributed by atoms with van der Waals surface area (Å²) in [7, 11) is 0. The molecule has 0 saturated heterocycles. The van der Waals surface area contributed by atoms with Crippen LogP contribution in [-0.2, 0) is 16.1 Å². The number of carbonyl (C=O) groups excluding carboxylic acids is 2. The largest absolute Gasteiger partial charge is 0.352 e. The highest BCUT2D eigenvalue weighted by Crippen LogP contribution is 2.22. The number of nitrogens with zero attached hydrogens (tertiary/aromatic N) is 1. The smallest absolute Gasteiger partial charge is 0.243 e. The minimum absolute atomic E-state index is 0.00692. The van der Waals surface area contributed by atoms with Crippen LogP contribution in [0.25, 0.3) is 0 Å². The highest BCUT2D eigenvalue weighted by molar-refractivity contribution is 7.99. The Morgan fingerprint density at radius 1 is 1.06 bits per heavy atom. The molecular weight excluding hydrogens is 416 g/mol. The van der Waals surface area contributed by atoms with Crippen LogP contribution in [0.5, 0.6) is 0 Å². The van der Waals surface area contributed by atoms with Crippen LogP contribution >= 0.6 is 11.8 Å². The van der Waals surface area contributed by atoms with Gasteiger partial charge in [-0.3, -0.25) is 9.59 Å². The van der Waals surface area contributed by atoms with Gasteiger partial charge < -0.3 is 10.2 Å². The average Bonchev–Trinajstić information content (AvgIpc) is 3.29. The number of nitrogens with one attached hydrogen (secondary N) is 1. The van der Waals surface area contributed by atoms with Gasteiger partial charge in [-0.05, 0) is 56.4 Å². The van der Waals surface area contributed by atoms with Crippen molar-refractivity contribution in [3.8, 4) is 0 Å². The fourth-order valence-electron chi connectivity index (χ4n) is 4.29. The van der Waals surface area contributed by atoms with Crippen LogP contribution in [0.4, 0.5) is 0 Å². The van der Waals surface area contributed by atoms with Crippen molar-refractivity contribution in [3.05, 3.63) is 65.2 Å². The van der Waals surface area contributed by atoms with E-state index in [1.54, 1.807) is 11.8 Å². The van der Waals surface area contributed by atoms with E-state index in [1.807, 2.05) is 24.0 Å². The molecule has 1 aliphatic rings. The Morgan fingerprint density at radius 3 is 2.41 bits per heavy atom. The molecule has 1 aliphatic carbocycles. The lowest BCUT2D eigenvalue weighted by Gasteiger charge is -2.32. The van der Waals surface area contributed by atoms with Gasteiger partial charge in [0.25, 0.3) is 0 Å². The second kappa shape index (κ2) is 12.1. The van der Waals surface area contributed by atoms with Crippen LogP contribution in [0.2, 0.25) is 0 Å². The summed E-state index contributed by atoms with van der Waals surface area (Å²) in [5, 5.41) is 3.21. The maximum atomic E-state index is 13.4. The van der Waals surface area contributed by atoms with Crippen LogP contribution in [0.3, 0.4) is 0 Å². The van der Waals surface area contributed by atoms with Gasteiger partial charge in [0.15, 0.2) is 0 Å². The van der Waals surface area contributed by atoms with Crippen molar-refractivity contribution in [2.75, 3.05) is 5.75 Å². The van der Waals surface area contributed by atoms with E-state index in [1.165, 1.54) is 23.3 Å². The summed E-state index contributed by atoms with van der Waals surface area (Å²) in [6.07, 6.45) is 5.45. The van der Waals surface area contributed by atoms with Gasteiger partial charge in [0, 0.05) is 29.7 Å². The molecule has 0 spiro atoms. The first kappa shape index (κ1) is 24.4. The van der Waals surface area contributed by atoms with E-state index < -0.39 is 6.04 Å². The summed E-state index contributed by atoms with van der Waals surface area (Å²) in [6, 6.07) is 16.3. The van der Waals surface area contributed by atoms with Crippen molar-refractivity contribution in [3.63, 3.8) is 0 Å². The third-order valence-corrected chi connectivity index (χ3v) is 7.31. The second-order valence-electron chi connectivity index (χ2n) is 8.77. The molecule has 0 aromatic heterocycles. The molecule has 1 saturated carbocycles. The average molecular weight is 453 g/mol. The summed E-state index contributed by atoms with van der Waals surface area (Å²) >= 11 is 1.69. The molecule has 2 aromatic rings. The van der Waals surface area contributed by atoms with Crippen LogP contribution in [0, 0.1) is 13.8 Å². The molecule has 0 unspecified atom stereocenters. The zero-order valence-corrected chi connectivity index (χ0v) is 20.4. The standard InChI is InChI=1S/C27H36N2O2S/c1-4-25(27(31)28-23-11-7-8-12-23)29(19-22-10-6-5-9-21(22)3)26(30)17-18-32-24-15-13-20(2)14-16-24/h5-6,9-10,13-16,23,25H,4,7-8,11-12,17-19H2,1-3H3,(H,28,31)/t25-/m1/s1. The first-order chi connectivity index (χ1) is 15.5. The van der Waals surface area contributed by atoms with Crippen molar-refractivity contribution in [2.45, 2.75) is 82.8 Å². The normalized spacial score (nSPS) is 14.8. The third kappa shape index (κ3) is 6.86. The molecule has 1 atom stereocenters. The lowest BCUT2D eigenvalue weighted by molar-refractivity contribution is -0.141. The molecule has 0 aliphatic heterocycles. The van der Waals surface area contributed by atoms with Crippen molar-refractivity contribution < 1.29 is 9.59 Å². The summed E-state index contributed by atoms with van der Waals surface area (Å²) in [6.45, 7) is 6.60. The Balaban J connectivity index is 1.70. The first-order valence-electron chi connectivity index (χ1n) is 11.8. The van der Waals surface area contributed by atoms with Gasteiger partial charge in [0.05, 0.1) is 0 Å². The predicted molar refractivity (Wildman–Crippen MR) is 133 cm³/mol. The topological polar surface area (TPSA) is 49.4 Å². The number of hydrogen-bond donors (Lipinski definition) is 1. The van der Waals surface area contributed by atoms with Crippen LogP contribution in [-0.4, -0.2) is 34.6 Å². The number of thioether (sulfide) groups is 1. The van der Waals surface area contributed by atoms with Crippen LogP contribution in [0.1, 0.15) is 62.1 Å². The maximum Gasteiger partial charge on any atom is 0.243 e. The number of rotatable bonds is 10. The molecule has 0 bridgehead atoms. The minimum atomic E-state index is -0.438. The number of carbonyl (C=O) groups is 2. The van der Waals surface area contributed by atoms with Gasteiger partial charge in [0.1, 0.15) is 6.04 Å². The highest BCUT2D eigenvalue weighted by atomic mass is 32.2. The van der Waals surface area contributed by atoms with Crippen molar-refractivity contribution in [1.29, 1.82) is 0 Å². The van der Waals surface area contributed by atoms with Crippen LogP contribution < -0.4 is 5.32 Å². The molecule has 0 heterocycles. The van der Waals surface area contributed by atoms with E-state index in [0.29, 0.717) is 25.1 Å². The van der Waals surface area contributed by atoms with E-state index in [0.717, 1.165) is 24.0 Å². The molecule has 4 nitrogen and oxygen atoms in total. The number of benzene rings is 2. The van der Waals surface area contributed by atoms with Gasteiger partial charge in [-0.15, -0.1) is 11.8 Å². The molecule has 1 N–H and O–H groups in total.